The second kappa shape index (κ2) is 8.17. The maximum absolute atomic E-state index is 12.3. The highest BCUT2D eigenvalue weighted by Gasteiger charge is 2.49. The molecule has 0 bridgehead atoms. The van der Waals surface area contributed by atoms with Gasteiger partial charge in [-0.2, -0.15) is 0 Å². The lowest BCUT2D eigenvalue weighted by Gasteiger charge is -2.29. The fourth-order valence-corrected chi connectivity index (χ4v) is 2.10. The third kappa shape index (κ3) is 3.84. The Kier molecular flexibility index (Phi) is 6.56. The van der Waals surface area contributed by atoms with Gasteiger partial charge in [0, 0.05) is 6.42 Å². The monoisotopic (exact) mass is 307 g/mol. The van der Waals surface area contributed by atoms with Crippen molar-refractivity contribution >= 4 is 18.3 Å². The van der Waals surface area contributed by atoms with Crippen molar-refractivity contribution in [3.63, 3.8) is 0 Å². The van der Waals surface area contributed by atoms with Gasteiger partial charge in [0.15, 0.2) is 0 Å². The summed E-state index contributed by atoms with van der Waals surface area (Å²) in [6, 6.07) is 7.29. The molecule has 0 spiro atoms. The summed E-state index contributed by atoms with van der Waals surface area (Å²) in [5.74, 6) is -1.66. The van der Waals surface area contributed by atoms with Gasteiger partial charge in [0.1, 0.15) is 0 Å². The number of benzene rings is 1. The molecule has 0 saturated carbocycles. The van der Waals surface area contributed by atoms with Crippen molar-refractivity contribution in [1.29, 1.82) is 0 Å². The summed E-state index contributed by atoms with van der Waals surface area (Å²) >= 11 is 0. The molecule has 0 aliphatic carbocycles. The third-order valence-corrected chi connectivity index (χ3v) is 3.27. The average molecular weight is 307 g/mol. The van der Waals surface area contributed by atoms with E-state index < -0.39 is 17.5 Å². The molecular formula is C16H21NO5. The Hall–Kier alpha value is -2.37. The number of hydrogen-bond acceptors (Lipinski definition) is 5. The first-order chi connectivity index (χ1) is 10.5. The van der Waals surface area contributed by atoms with Crippen LogP contribution in [0.4, 0.5) is 0 Å². The van der Waals surface area contributed by atoms with Crippen molar-refractivity contribution in [2.45, 2.75) is 32.7 Å². The number of carbonyl (C=O) groups is 3. The van der Waals surface area contributed by atoms with Crippen LogP contribution < -0.4 is 5.32 Å². The maximum atomic E-state index is 12.3. The third-order valence-electron chi connectivity index (χ3n) is 3.27. The highest BCUT2D eigenvalue weighted by atomic mass is 16.6. The molecule has 1 rings (SSSR count). The van der Waals surface area contributed by atoms with Crippen LogP contribution in [-0.4, -0.2) is 37.1 Å². The summed E-state index contributed by atoms with van der Waals surface area (Å²) in [6.07, 6.45) is 0.280. The minimum absolute atomic E-state index is 0.0317. The molecule has 22 heavy (non-hydrogen) atoms. The van der Waals surface area contributed by atoms with E-state index in [1.165, 1.54) is 0 Å². The number of aryl methyl sites for hydroxylation is 1. The van der Waals surface area contributed by atoms with Crippen molar-refractivity contribution in [2.24, 2.45) is 0 Å². The van der Waals surface area contributed by atoms with Gasteiger partial charge in [0.2, 0.25) is 11.9 Å². The quantitative estimate of drug-likeness (QED) is 0.442. The molecule has 0 saturated heterocycles. The lowest BCUT2D eigenvalue weighted by Crippen LogP contribution is -2.61. The first-order valence-electron chi connectivity index (χ1n) is 7.12. The number of ether oxygens (including phenoxy) is 2. The van der Waals surface area contributed by atoms with E-state index in [0.29, 0.717) is 6.41 Å². The SMILES string of the molecule is CCOC(=O)C(Cc1ccccc1C)(NC=O)C(=O)OCC. The largest absolute Gasteiger partial charge is 0.464 e. The number of carbonyl (C=O) groups excluding carboxylic acids is 3. The number of hydrogen-bond donors (Lipinski definition) is 1. The van der Waals surface area contributed by atoms with E-state index >= 15 is 0 Å². The molecule has 0 aliphatic rings. The molecule has 6 heteroatoms. The summed E-state index contributed by atoms with van der Waals surface area (Å²) in [5.41, 5.74) is -0.231. The molecule has 1 N–H and O–H groups in total. The Morgan fingerprint density at radius 2 is 1.68 bits per heavy atom. The highest BCUT2D eigenvalue weighted by molar-refractivity contribution is 6.06. The van der Waals surface area contributed by atoms with Crippen LogP contribution in [0.5, 0.6) is 0 Å². The fraction of sp³-hybridized carbons (Fsp3) is 0.438. The molecule has 1 aromatic rings. The van der Waals surface area contributed by atoms with Crippen LogP contribution in [-0.2, 0) is 30.3 Å². The zero-order chi connectivity index (χ0) is 16.6. The number of nitrogens with one attached hydrogen (secondary N) is 1. The second-order valence-electron chi connectivity index (χ2n) is 4.71. The molecule has 1 aromatic carbocycles. The van der Waals surface area contributed by atoms with Crippen molar-refractivity contribution in [3.05, 3.63) is 35.4 Å². The predicted octanol–water partition coefficient (Wildman–Crippen LogP) is 1.15. The van der Waals surface area contributed by atoms with Gasteiger partial charge >= 0.3 is 11.9 Å². The molecule has 0 unspecified atom stereocenters. The van der Waals surface area contributed by atoms with Crippen molar-refractivity contribution < 1.29 is 23.9 Å². The van der Waals surface area contributed by atoms with E-state index in [0.717, 1.165) is 11.1 Å². The van der Waals surface area contributed by atoms with Gasteiger partial charge in [0.25, 0.3) is 0 Å². The van der Waals surface area contributed by atoms with Gasteiger partial charge in [-0.3, -0.25) is 4.79 Å². The van der Waals surface area contributed by atoms with E-state index in [1.807, 2.05) is 19.1 Å². The zero-order valence-corrected chi connectivity index (χ0v) is 13.0. The van der Waals surface area contributed by atoms with Gasteiger partial charge in [-0.05, 0) is 31.9 Å². The fourth-order valence-electron chi connectivity index (χ4n) is 2.10. The number of amides is 1. The van der Waals surface area contributed by atoms with Gasteiger partial charge in [-0.25, -0.2) is 9.59 Å². The van der Waals surface area contributed by atoms with Crippen molar-refractivity contribution in [1.82, 2.24) is 5.32 Å². The van der Waals surface area contributed by atoms with Crippen LogP contribution in [0, 0.1) is 6.92 Å². The van der Waals surface area contributed by atoms with Crippen LogP contribution in [0.3, 0.4) is 0 Å². The summed E-state index contributed by atoms with van der Waals surface area (Å²) in [7, 11) is 0. The van der Waals surface area contributed by atoms with Crippen LogP contribution >= 0.6 is 0 Å². The second-order valence-corrected chi connectivity index (χ2v) is 4.71. The van der Waals surface area contributed by atoms with Crippen LogP contribution in [0.1, 0.15) is 25.0 Å². The molecule has 0 aromatic heterocycles. The smallest absolute Gasteiger partial charge is 0.344 e. The van der Waals surface area contributed by atoms with Crippen LogP contribution in [0.25, 0.3) is 0 Å². The molecule has 0 aliphatic heterocycles. The minimum Gasteiger partial charge on any atom is -0.464 e. The van der Waals surface area contributed by atoms with Crippen molar-refractivity contribution in [3.8, 4) is 0 Å². The van der Waals surface area contributed by atoms with Crippen molar-refractivity contribution in [2.75, 3.05) is 13.2 Å². The first kappa shape index (κ1) is 17.7. The molecule has 0 fully saturated rings. The summed E-state index contributed by atoms with van der Waals surface area (Å²) < 4.78 is 9.96. The Morgan fingerprint density at radius 3 is 2.14 bits per heavy atom. The normalized spacial score (nSPS) is 10.7. The first-order valence-corrected chi connectivity index (χ1v) is 7.12. The molecule has 6 nitrogen and oxygen atoms in total. The van der Waals surface area contributed by atoms with E-state index in [9.17, 15) is 14.4 Å². The van der Waals surface area contributed by atoms with E-state index in [-0.39, 0.29) is 19.6 Å². The van der Waals surface area contributed by atoms with E-state index in [2.05, 4.69) is 5.32 Å². The Balaban J connectivity index is 3.28. The van der Waals surface area contributed by atoms with E-state index in [1.54, 1.807) is 26.0 Å². The zero-order valence-electron chi connectivity index (χ0n) is 13.0. The molecule has 120 valence electrons. The molecule has 1 amide bonds. The number of esters is 2. The highest BCUT2D eigenvalue weighted by Crippen LogP contribution is 2.20. The van der Waals surface area contributed by atoms with Crippen LogP contribution in [0.2, 0.25) is 0 Å². The summed E-state index contributed by atoms with van der Waals surface area (Å²) in [6.45, 7) is 5.30. The lowest BCUT2D eigenvalue weighted by atomic mass is 9.88. The minimum atomic E-state index is -1.88. The summed E-state index contributed by atoms with van der Waals surface area (Å²) in [5, 5.41) is 2.31. The molecule has 0 radical (unpaired) electrons. The number of rotatable bonds is 8. The topological polar surface area (TPSA) is 81.7 Å². The molecule has 0 atom stereocenters. The molecular weight excluding hydrogens is 286 g/mol. The van der Waals surface area contributed by atoms with Gasteiger partial charge < -0.3 is 14.8 Å². The Morgan fingerprint density at radius 1 is 1.14 bits per heavy atom. The lowest BCUT2D eigenvalue weighted by molar-refractivity contribution is -0.167. The van der Waals surface area contributed by atoms with Gasteiger partial charge in [-0.1, -0.05) is 24.3 Å². The molecule has 0 heterocycles. The standard InChI is InChI=1S/C16H21NO5/c1-4-21-14(19)16(17-11-18,15(20)22-5-2)10-13-9-7-6-8-12(13)3/h6-9,11H,4-5,10H2,1-3H3,(H,17,18). The maximum Gasteiger partial charge on any atom is 0.344 e. The van der Waals surface area contributed by atoms with E-state index in [4.69, 9.17) is 9.47 Å². The Bertz CT molecular complexity index is 523. The summed E-state index contributed by atoms with van der Waals surface area (Å²) in [4.78, 5) is 35.7. The van der Waals surface area contributed by atoms with Gasteiger partial charge in [-0.15, -0.1) is 0 Å². The predicted molar refractivity (Wildman–Crippen MR) is 80.1 cm³/mol. The Labute approximate surface area is 129 Å². The van der Waals surface area contributed by atoms with Gasteiger partial charge in [0.05, 0.1) is 13.2 Å². The average Bonchev–Trinajstić information content (AvgIpc) is 2.49. The van der Waals surface area contributed by atoms with Crippen LogP contribution in [0.15, 0.2) is 24.3 Å².